The van der Waals surface area contributed by atoms with Crippen molar-refractivity contribution < 1.29 is 31.1 Å². The van der Waals surface area contributed by atoms with Crippen LogP contribution < -0.4 is 4.74 Å². The molecule has 3 fully saturated rings. The van der Waals surface area contributed by atoms with Crippen molar-refractivity contribution in [3.63, 3.8) is 0 Å². The Morgan fingerprint density at radius 1 is 0.951 bits per heavy atom. The zero-order valence-electron chi connectivity index (χ0n) is 22.4. The molecule has 1 atom stereocenters. The standard InChI is InChI=1S/C28H32F3N5O4S/c29-28(30,31)40-22-3-1-20(2-4-22)27(37)36-14-6-18(7-15-36)23-5-11-32-26-24(23)33-25(34-26)19-8-12-35(13-9-19)21-10-16-41(38,39)17-21/h1-5,11,18-19,21H,6-10,12-17H2,(H,32,33,34). The Bertz CT molecular complexity index is 1510. The summed E-state index contributed by atoms with van der Waals surface area (Å²) in [5.41, 5.74) is 3.06. The Morgan fingerprint density at radius 3 is 2.27 bits per heavy atom. The molecule has 6 rings (SSSR count). The number of pyridine rings is 1. The summed E-state index contributed by atoms with van der Waals surface area (Å²) in [5.74, 6) is 1.38. The molecule has 3 saturated heterocycles. The van der Waals surface area contributed by atoms with Gasteiger partial charge in [0.2, 0.25) is 0 Å². The maximum atomic E-state index is 13.0. The van der Waals surface area contributed by atoms with Crippen molar-refractivity contribution in [3.8, 4) is 5.75 Å². The summed E-state index contributed by atoms with van der Waals surface area (Å²) in [7, 11) is -2.90. The van der Waals surface area contributed by atoms with E-state index in [1.165, 1.54) is 12.1 Å². The molecule has 0 spiro atoms. The highest BCUT2D eigenvalue weighted by Gasteiger charge is 2.35. The topological polar surface area (TPSA) is 108 Å². The molecule has 41 heavy (non-hydrogen) atoms. The van der Waals surface area contributed by atoms with Crippen LogP contribution in [0.3, 0.4) is 0 Å². The average Bonchev–Trinajstić information content (AvgIpc) is 3.55. The number of H-pyrrole nitrogens is 1. The van der Waals surface area contributed by atoms with Crippen LogP contribution >= 0.6 is 0 Å². The number of benzene rings is 1. The summed E-state index contributed by atoms with van der Waals surface area (Å²) in [6.45, 7) is 2.77. The van der Waals surface area contributed by atoms with Crippen LogP contribution in [0.2, 0.25) is 0 Å². The number of nitrogens with one attached hydrogen (secondary N) is 1. The van der Waals surface area contributed by atoms with E-state index in [0.717, 1.165) is 74.2 Å². The van der Waals surface area contributed by atoms with Crippen LogP contribution in [0.15, 0.2) is 36.5 Å². The van der Waals surface area contributed by atoms with Crippen LogP contribution in [-0.4, -0.2) is 89.2 Å². The fourth-order valence-corrected chi connectivity index (χ4v) is 8.22. The normalized spacial score (nSPS) is 22.8. The number of sulfone groups is 1. The molecule has 3 aromatic rings. The zero-order chi connectivity index (χ0) is 28.8. The van der Waals surface area contributed by atoms with E-state index in [1.54, 1.807) is 11.1 Å². The van der Waals surface area contributed by atoms with E-state index < -0.39 is 16.2 Å². The van der Waals surface area contributed by atoms with Gasteiger partial charge in [-0.2, -0.15) is 0 Å². The smallest absolute Gasteiger partial charge is 0.406 e. The number of carbonyl (C=O) groups excluding carboxylic acids is 1. The lowest BCUT2D eigenvalue weighted by Crippen LogP contribution is -2.41. The SMILES string of the molecule is O=C(c1ccc(OC(F)(F)F)cc1)N1CCC(c2ccnc3nc(C4CCN(C5CCS(=O)(=O)C5)CC4)[nH]c23)CC1. The van der Waals surface area contributed by atoms with Crippen molar-refractivity contribution in [2.75, 3.05) is 37.7 Å². The summed E-state index contributed by atoms with van der Waals surface area (Å²) in [6, 6.07) is 7.16. The van der Waals surface area contributed by atoms with Gasteiger partial charge in [0.05, 0.1) is 17.0 Å². The summed E-state index contributed by atoms with van der Waals surface area (Å²) < 4.78 is 65.0. The van der Waals surface area contributed by atoms with E-state index in [0.29, 0.717) is 24.3 Å². The van der Waals surface area contributed by atoms with E-state index in [1.807, 2.05) is 6.07 Å². The first-order valence-corrected chi connectivity index (χ1v) is 15.8. The monoisotopic (exact) mass is 591 g/mol. The number of fused-ring (bicyclic) bond motifs is 1. The number of alkyl halides is 3. The van der Waals surface area contributed by atoms with Gasteiger partial charge in [-0.25, -0.2) is 18.4 Å². The third-order valence-electron chi connectivity index (χ3n) is 8.64. The fraction of sp³-hybridized carbons (Fsp3) is 0.536. The molecule has 1 N–H and O–H groups in total. The lowest BCUT2D eigenvalue weighted by atomic mass is 9.89. The highest BCUT2D eigenvalue weighted by Crippen LogP contribution is 2.35. The quantitative estimate of drug-likeness (QED) is 0.473. The Morgan fingerprint density at radius 2 is 1.63 bits per heavy atom. The first-order chi connectivity index (χ1) is 19.5. The summed E-state index contributed by atoms with van der Waals surface area (Å²) >= 11 is 0. The molecule has 2 aromatic heterocycles. The molecule has 0 saturated carbocycles. The third kappa shape index (κ3) is 6.20. The molecule has 13 heteroatoms. The Kier molecular flexibility index (Phi) is 7.43. The summed E-state index contributed by atoms with van der Waals surface area (Å²) in [6.07, 6.45) is 1.03. The van der Waals surface area contributed by atoms with E-state index in [2.05, 4.69) is 19.6 Å². The van der Waals surface area contributed by atoms with E-state index in [4.69, 9.17) is 4.98 Å². The molecule has 0 radical (unpaired) electrons. The van der Waals surface area contributed by atoms with Crippen LogP contribution in [0.5, 0.6) is 5.75 Å². The van der Waals surface area contributed by atoms with Gasteiger partial charge in [-0.1, -0.05) is 0 Å². The maximum absolute atomic E-state index is 13.0. The Labute approximate surface area is 236 Å². The van der Waals surface area contributed by atoms with Gasteiger partial charge >= 0.3 is 6.36 Å². The predicted molar refractivity (Wildman–Crippen MR) is 145 cm³/mol. The molecule has 1 unspecified atom stereocenters. The van der Waals surface area contributed by atoms with Crippen LogP contribution in [0, 0.1) is 0 Å². The van der Waals surface area contributed by atoms with Gasteiger partial charge in [0.1, 0.15) is 11.6 Å². The second kappa shape index (κ2) is 10.9. The zero-order valence-corrected chi connectivity index (χ0v) is 23.3. The molecule has 9 nitrogen and oxygen atoms in total. The second-order valence-corrected chi connectivity index (χ2v) is 13.5. The van der Waals surface area contributed by atoms with E-state index in [9.17, 15) is 26.4 Å². The lowest BCUT2D eigenvalue weighted by Gasteiger charge is -2.34. The average molecular weight is 592 g/mol. The van der Waals surface area contributed by atoms with Gasteiger partial charge in [-0.05, 0) is 87.0 Å². The predicted octanol–water partition coefficient (Wildman–Crippen LogP) is 4.24. The van der Waals surface area contributed by atoms with E-state index in [-0.39, 0.29) is 41.0 Å². The molecule has 0 bridgehead atoms. The number of nitrogens with zero attached hydrogens (tertiary/aromatic N) is 4. The molecule has 0 aliphatic carbocycles. The highest BCUT2D eigenvalue weighted by molar-refractivity contribution is 7.91. The third-order valence-corrected chi connectivity index (χ3v) is 10.4. The van der Waals surface area contributed by atoms with Gasteiger partial charge in [0.15, 0.2) is 15.5 Å². The maximum Gasteiger partial charge on any atom is 0.573 e. The number of rotatable bonds is 5. The number of aromatic nitrogens is 3. The first kappa shape index (κ1) is 28.0. The van der Waals surface area contributed by atoms with Gasteiger partial charge in [0, 0.05) is 36.8 Å². The minimum absolute atomic E-state index is 0.130. The molecule has 5 heterocycles. The summed E-state index contributed by atoms with van der Waals surface area (Å²) in [5, 5.41) is 0. The molecule has 1 amide bonds. The second-order valence-electron chi connectivity index (χ2n) is 11.2. The van der Waals surface area contributed by atoms with Crippen LogP contribution in [0.4, 0.5) is 13.2 Å². The van der Waals surface area contributed by atoms with Crippen molar-refractivity contribution in [3.05, 3.63) is 53.5 Å². The van der Waals surface area contributed by atoms with Crippen molar-refractivity contribution in [1.82, 2.24) is 24.8 Å². The van der Waals surface area contributed by atoms with Crippen molar-refractivity contribution in [2.24, 2.45) is 0 Å². The number of piperidine rings is 2. The number of hydrogen-bond acceptors (Lipinski definition) is 7. The van der Waals surface area contributed by atoms with Crippen molar-refractivity contribution in [2.45, 2.75) is 56.3 Å². The minimum atomic E-state index is -4.78. The number of aromatic amines is 1. The number of hydrogen-bond donors (Lipinski definition) is 1. The van der Waals surface area contributed by atoms with Crippen molar-refractivity contribution in [1.29, 1.82) is 0 Å². The molecule has 220 valence electrons. The van der Waals surface area contributed by atoms with Gasteiger partial charge in [-0.3, -0.25) is 9.69 Å². The number of ether oxygens (including phenoxy) is 1. The van der Waals surface area contributed by atoms with Crippen molar-refractivity contribution >= 4 is 26.9 Å². The number of likely N-dealkylation sites (tertiary alicyclic amines) is 2. The summed E-state index contributed by atoms with van der Waals surface area (Å²) in [4.78, 5) is 29.9. The molecule has 3 aliphatic rings. The fourth-order valence-electron chi connectivity index (χ4n) is 6.46. The largest absolute Gasteiger partial charge is 0.573 e. The molecule has 3 aliphatic heterocycles. The number of carbonyl (C=O) groups is 1. The van der Waals surface area contributed by atoms with Gasteiger partial charge < -0.3 is 14.6 Å². The molecular weight excluding hydrogens is 559 g/mol. The molecule has 1 aromatic carbocycles. The highest BCUT2D eigenvalue weighted by atomic mass is 32.2. The van der Waals surface area contributed by atoms with Crippen LogP contribution in [-0.2, 0) is 9.84 Å². The number of halogens is 3. The Hall–Kier alpha value is -3.19. The van der Waals surface area contributed by atoms with Crippen LogP contribution in [0.1, 0.15) is 65.7 Å². The van der Waals surface area contributed by atoms with Gasteiger partial charge in [-0.15, -0.1) is 13.2 Å². The minimum Gasteiger partial charge on any atom is -0.406 e. The lowest BCUT2D eigenvalue weighted by molar-refractivity contribution is -0.274. The van der Waals surface area contributed by atoms with Crippen LogP contribution in [0.25, 0.3) is 11.2 Å². The number of amides is 1. The van der Waals surface area contributed by atoms with Gasteiger partial charge in [0.25, 0.3) is 5.91 Å². The Balaban J connectivity index is 1.08. The molecular formula is C28H32F3N5O4S. The number of imidazole rings is 1. The van der Waals surface area contributed by atoms with E-state index >= 15 is 0 Å². The first-order valence-electron chi connectivity index (χ1n) is 14.0.